The van der Waals surface area contributed by atoms with E-state index in [-0.39, 0.29) is 34.6 Å². The first kappa shape index (κ1) is 34.4. The van der Waals surface area contributed by atoms with Gasteiger partial charge in [0.25, 0.3) is 5.56 Å². The number of rotatable bonds is 10. The molecule has 1 aromatic heterocycles. The summed E-state index contributed by atoms with van der Waals surface area (Å²) in [6.45, 7) is 3.15. The fourth-order valence-electron chi connectivity index (χ4n) is 7.80. The molecule has 3 heterocycles. The van der Waals surface area contributed by atoms with E-state index in [0.29, 0.717) is 67.4 Å². The Labute approximate surface area is 290 Å². The summed E-state index contributed by atoms with van der Waals surface area (Å²) >= 11 is 1.64. The highest BCUT2D eigenvalue weighted by molar-refractivity contribution is 7.98. The summed E-state index contributed by atoms with van der Waals surface area (Å²) in [7, 11) is 4.68. The summed E-state index contributed by atoms with van der Waals surface area (Å²) in [5.74, 6) is 2.17. The van der Waals surface area contributed by atoms with Crippen LogP contribution < -0.4 is 35.8 Å². The number of nitrogens with one attached hydrogen (secondary N) is 2. The van der Waals surface area contributed by atoms with Crippen LogP contribution in [0.2, 0.25) is 0 Å². The molecular formula is C37H44N4O7S. The van der Waals surface area contributed by atoms with Crippen LogP contribution in [-0.4, -0.2) is 73.8 Å². The zero-order valence-corrected chi connectivity index (χ0v) is 29.5. The van der Waals surface area contributed by atoms with E-state index in [1.54, 1.807) is 57.4 Å². The number of benzene rings is 1. The van der Waals surface area contributed by atoms with Gasteiger partial charge in [-0.05, 0) is 84.6 Å². The lowest BCUT2D eigenvalue weighted by molar-refractivity contribution is -0.134. The van der Waals surface area contributed by atoms with E-state index in [9.17, 15) is 19.2 Å². The molecule has 3 aliphatic rings. The number of aromatic nitrogens is 1. The molecule has 0 spiro atoms. The van der Waals surface area contributed by atoms with Gasteiger partial charge in [-0.25, -0.2) is 0 Å². The Hall–Kier alpha value is -4.45. The molecule has 2 aliphatic heterocycles. The summed E-state index contributed by atoms with van der Waals surface area (Å²) < 4.78 is 19.1. The Bertz CT molecular complexity index is 1880. The molecule has 0 radical (unpaired) electrons. The first-order chi connectivity index (χ1) is 23.7. The normalized spacial score (nSPS) is 19.7. The van der Waals surface area contributed by atoms with Crippen molar-refractivity contribution < 1.29 is 23.8 Å². The first-order valence-corrected chi connectivity index (χ1v) is 18.1. The van der Waals surface area contributed by atoms with Crippen LogP contribution >= 0.6 is 11.8 Å². The number of aryl methyl sites for hydroxylation is 1. The van der Waals surface area contributed by atoms with Gasteiger partial charge in [0, 0.05) is 49.8 Å². The minimum atomic E-state index is -0.628. The molecule has 1 aliphatic carbocycles. The second-order valence-corrected chi connectivity index (χ2v) is 14.0. The summed E-state index contributed by atoms with van der Waals surface area (Å²) in [5, 5.41) is 6.39. The molecule has 49 heavy (non-hydrogen) atoms. The van der Waals surface area contributed by atoms with Crippen LogP contribution in [0.3, 0.4) is 0 Å². The van der Waals surface area contributed by atoms with E-state index < -0.39 is 12.1 Å². The van der Waals surface area contributed by atoms with E-state index in [4.69, 9.17) is 14.2 Å². The lowest BCUT2D eigenvalue weighted by atomic mass is 9.83. The molecule has 2 amide bonds. The summed E-state index contributed by atoms with van der Waals surface area (Å²) in [6.07, 6.45) is 4.61. The number of anilines is 1. The van der Waals surface area contributed by atoms with Crippen LogP contribution in [0.4, 0.5) is 5.69 Å². The molecule has 4 unspecified atom stereocenters. The van der Waals surface area contributed by atoms with Gasteiger partial charge < -0.3 is 34.3 Å². The molecule has 12 heteroatoms. The average molecular weight is 689 g/mol. The number of piperidine rings is 1. The molecule has 2 bridgehead atoms. The lowest BCUT2D eigenvalue weighted by Gasteiger charge is -2.43. The predicted molar refractivity (Wildman–Crippen MR) is 191 cm³/mol. The standard InChI is InChI=1S/C37H44N4O7S/c1-21(42)38-27-11-9-23-16-32(46-2)35(47-3)36(48-4)34(23)25-10-12-28(31(43)17-26(25)27)39-29(13-14-49-5)37(45)40-18-22-15-24(20-40)30-7-6-8-33(44)41(30)19-22/h6-8,10,12,16-17,22,24,27,29H,9,11,13-15,18-20H2,1-5H3,(H,38,42)(H,39,43). The Morgan fingerprint density at radius 2 is 1.80 bits per heavy atom. The van der Waals surface area contributed by atoms with Gasteiger partial charge in [0.1, 0.15) is 6.04 Å². The first-order valence-electron chi connectivity index (χ1n) is 16.7. The maximum absolute atomic E-state index is 14.3. The van der Waals surface area contributed by atoms with E-state index in [2.05, 4.69) is 10.6 Å². The number of thioether (sulfide) groups is 1. The third-order valence-electron chi connectivity index (χ3n) is 9.95. The van der Waals surface area contributed by atoms with Crippen LogP contribution in [0.15, 0.2) is 52.1 Å². The Morgan fingerprint density at radius 3 is 2.51 bits per heavy atom. The molecule has 1 fully saturated rings. The van der Waals surface area contributed by atoms with Crippen molar-refractivity contribution in [2.45, 2.75) is 57.2 Å². The number of hydrogen-bond acceptors (Lipinski definition) is 9. The molecule has 3 aromatic rings. The summed E-state index contributed by atoms with van der Waals surface area (Å²) in [6, 6.07) is 11.4. The monoisotopic (exact) mass is 688 g/mol. The zero-order valence-electron chi connectivity index (χ0n) is 28.7. The van der Waals surface area contributed by atoms with Crippen molar-refractivity contribution in [1.82, 2.24) is 14.8 Å². The van der Waals surface area contributed by atoms with Crippen LogP contribution in [0.25, 0.3) is 11.1 Å². The van der Waals surface area contributed by atoms with Crippen molar-refractivity contribution in [2.24, 2.45) is 5.92 Å². The Morgan fingerprint density at radius 1 is 1.00 bits per heavy atom. The van der Waals surface area contributed by atoms with Crippen molar-refractivity contribution in [3.05, 3.63) is 79.9 Å². The van der Waals surface area contributed by atoms with Gasteiger partial charge in [-0.15, -0.1) is 0 Å². The molecule has 4 atom stereocenters. The third-order valence-corrected chi connectivity index (χ3v) is 10.6. The van der Waals surface area contributed by atoms with Gasteiger partial charge in [-0.3, -0.25) is 19.2 Å². The molecule has 6 rings (SSSR count). The van der Waals surface area contributed by atoms with Crippen LogP contribution in [-0.2, 0) is 22.6 Å². The average Bonchev–Trinajstić information content (AvgIpc) is 3.33. The van der Waals surface area contributed by atoms with E-state index in [1.165, 1.54) is 6.92 Å². The third kappa shape index (κ3) is 6.75. The maximum Gasteiger partial charge on any atom is 0.250 e. The number of hydrogen-bond donors (Lipinski definition) is 2. The highest BCUT2D eigenvalue weighted by Gasteiger charge is 2.38. The quantitative estimate of drug-likeness (QED) is 0.322. The second-order valence-electron chi connectivity index (χ2n) is 13.0. The molecule has 1 saturated heterocycles. The van der Waals surface area contributed by atoms with Gasteiger partial charge in [0.2, 0.25) is 23.0 Å². The van der Waals surface area contributed by atoms with Gasteiger partial charge in [-0.2, -0.15) is 11.8 Å². The maximum atomic E-state index is 14.3. The number of amides is 2. The number of carbonyl (C=O) groups is 2. The minimum absolute atomic E-state index is 0.00313. The van der Waals surface area contributed by atoms with Gasteiger partial charge >= 0.3 is 0 Å². The van der Waals surface area contributed by atoms with Gasteiger partial charge in [-0.1, -0.05) is 12.1 Å². The number of ether oxygens (including phenoxy) is 3. The molecule has 11 nitrogen and oxygen atoms in total. The smallest absolute Gasteiger partial charge is 0.250 e. The van der Waals surface area contributed by atoms with E-state index in [0.717, 1.165) is 34.6 Å². The number of fused-ring (bicyclic) bond motifs is 7. The second kappa shape index (κ2) is 14.6. The summed E-state index contributed by atoms with van der Waals surface area (Å²) in [5.41, 5.74) is 4.06. The Balaban J connectivity index is 1.39. The van der Waals surface area contributed by atoms with Gasteiger partial charge in [0.05, 0.1) is 33.1 Å². The highest BCUT2D eigenvalue weighted by Crippen LogP contribution is 2.50. The van der Waals surface area contributed by atoms with Crippen LogP contribution in [0, 0.1) is 5.92 Å². The lowest BCUT2D eigenvalue weighted by Crippen LogP contribution is -2.53. The fourth-order valence-corrected chi connectivity index (χ4v) is 8.28. The van der Waals surface area contributed by atoms with E-state index in [1.807, 2.05) is 33.9 Å². The fraction of sp³-hybridized carbons (Fsp3) is 0.459. The Kier molecular flexibility index (Phi) is 10.2. The molecule has 260 valence electrons. The number of carbonyl (C=O) groups excluding carboxylic acids is 2. The largest absolute Gasteiger partial charge is 0.493 e. The van der Waals surface area contributed by atoms with Crippen molar-refractivity contribution in [2.75, 3.05) is 51.7 Å². The topological polar surface area (TPSA) is 128 Å². The molecule has 2 N–H and O–H groups in total. The molecule has 0 saturated carbocycles. The number of likely N-dealkylation sites (tertiary alicyclic amines) is 1. The predicted octanol–water partition coefficient (Wildman–Crippen LogP) is 4.20. The number of pyridine rings is 1. The van der Waals surface area contributed by atoms with Crippen molar-refractivity contribution in [1.29, 1.82) is 0 Å². The summed E-state index contributed by atoms with van der Waals surface area (Å²) in [4.78, 5) is 55.1. The SMILES string of the molecule is COc1cc2c(c(OC)c1OC)-c1ccc(NC(CCSC)C(=O)N3CC4CC(C3)c3cccc(=O)n3C4)c(=O)cc1C(NC(C)=O)CC2. The number of nitrogens with zero attached hydrogens (tertiary/aromatic N) is 2. The zero-order chi connectivity index (χ0) is 34.8. The molecule has 2 aromatic carbocycles. The van der Waals surface area contributed by atoms with Crippen LogP contribution in [0.5, 0.6) is 17.2 Å². The van der Waals surface area contributed by atoms with Gasteiger partial charge in [0.15, 0.2) is 11.5 Å². The van der Waals surface area contributed by atoms with Crippen LogP contribution in [0.1, 0.15) is 55.0 Å². The highest BCUT2D eigenvalue weighted by atomic mass is 32.2. The van der Waals surface area contributed by atoms with E-state index >= 15 is 0 Å². The van der Waals surface area contributed by atoms with Crippen molar-refractivity contribution >= 4 is 29.3 Å². The number of methoxy groups -OCH3 is 3. The molecular weight excluding hydrogens is 644 g/mol. The van der Waals surface area contributed by atoms with Crippen molar-refractivity contribution in [3.63, 3.8) is 0 Å². The minimum Gasteiger partial charge on any atom is -0.493 e. The van der Waals surface area contributed by atoms with Crippen molar-refractivity contribution in [3.8, 4) is 28.4 Å².